The molecule has 1 N–H and O–H groups in total. The van der Waals surface area contributed by atoms with E-state index in [2.05, 4.69) is 13.8 Å². The zero-order valence-corrected chi connectivity index (χ0v) is 10.3. The highest BCUT2D eigenvalue weighted by atomic mass is 16.3. The van der Waals surface area contributed by atoms with E-state index in [-0.39, 0.29) is 5.91 Å². The molecule has 0 aromatic rings. The van der Waals surface area contributed by atoms with Crippen LogP contribution < -0.4 is 0 Å². The van der Waals surface area contributed by atoms with Crippen LogP contribution in [0, 0.1) is 5.92 Å². The largest absolute Gasteiger partial charge is 0.381 e. The molecule has 0 aliphatic heterocycles. The second kappa shape index (κ2) is 4.52. The van der Waals surface area contributed by atoms with E-state index in [4.69, 9.17) is 0 Å². The van der Waals surface area contributed by atoms with Crippen molar-refractivity contribution in [1.29, 1.82) is 0 Å². The molecule has 0 atom stereocenters. The second-order valence-electron chi connectivity index (χ2n) is 5.47. The van der Waals surface area contributed by atoms with E-state index in [0.717, 1.165) is 25.8 Å². The summed E-state index contributed by atoms with van der Waals surface area (Å²) in [6.45, 7) is 8.23. The Hall–Kier alpha value is -0.570. The lowest BCUT2D eigenvalue weighted by Gasteiger charge is -2.29. The molecule has 0 saturated heterocycles. The van der Waals surface area contributed by atoms with Gasteiger partial charge in [0.25, 0.3) is 5.91 Å². The quantitative estimate of drug-likeness (QED) is 0.756. The van der Waals surface area contributed by atoms with E-state index in [9.17, 15) is 9.90 Å². The van der Waals surface area contributed by atoms with Crippen molar-refractivity contribution >= 4 is 5.91 Å². The monoisotopic (exact) mass is 213 g/mol. The molecule has 1 aliphatic carbocycles. The van der Waals surface area contributed by atoms with Crippen LogP contribution in [0.2, 0.25) is 0 Å². The van der Waals surface area contributed by atoms with Gasteiger partial charge < -0.3 is 10.0 Å². The molecule has 0 unspecified atom stereocenters. The molecule has 0 spiro atoms. The van der Waals surface area contributed by atoms with E-state index in [1.807, 2.05) is 4.90 Å². The number of rotatable bonds is 5. The Morgan fingerprint density at radius 2 is 2.00 bits per heavy atom. The van der Waals surface area contributed by atoms with Gasteiger partial charge in [0.1, 0.15) is 5.60 Å². The van der Waals surface area contributed by atoms with Crippen LogP contribution in [0.15, 0.2) is 0 Å². The lowest BCUT2D eigenvalue weighted by atomic mass is 10.1. The normalized spacial score (nSPS) is 16.9. The minimum absolute atomic E-state index is 0.120. The third kappa shape index (κ3) is 3.82. The fourth-order valence-corrected chi connectivity index (χ4v) is 1.58. The molecule has 1 fully saturated rings. The molecule has 0 radical (unpaired) electrons. The SMILES string of the molecule is CC(C)CCN(C(=O)C(C)(C)O)C1CC1. The zero-order chi connectivity index (χ0) is 11.6. The fraction of sp³-hybridized carbons (Fsp3) is 0.917. The molecule has 1 saturated carbocycles. The first-order chi connectivity index (χ1) is 6.82. The maximum absolute atomic E-state index is 11.9. The smallest absolute Gasteiger partial charge is 0.254 e. The molecule has 1 rings (SSSR count). The first-order valence-electron chi connectivity index (χ1n) is 5.86. The zero-order valence-electron chi connectivity index (χ0n) is 10.3. The van der Waals surface area contributed by atoms with E-state index >= 15 is 0 Å². The highest BCUT2D eigenvalue weighted by Gasteiger charge is 2.38. The van der Waals surface area contributed by atoms with E-state index in [1.165, 1.54) is 0 Å². The van der Waals surface area contributed by atoms with Crippen molar-refractivity contribution in [2.45, 2.75) is 58.6 Å². The number of carbonyl (C=O) groups is 1. The summed E-state index contributed by atoms with van der Waals surface area (Å²) < 4.78 is 0. The van der Waals surface area contributed by atoms with Crippen LogP contribution in [0.1, 0.15) is 47.0 Å². The predicted octanol–water partition coefficient (Wildman–Crippen LogP) is 1.79. The molecule has 15 heavy (non-hydrogen) atoms. The predicted molar refractivity (Wildman–Crippen MR) is 60.5 cm³/mol. The third-order valence-corrected chi connectivity index (χ3v) is 2.72. The summed E-state index contributed by atoms with van der Waals surface area (Å²) in [4.78, 5) is 13.8. The van der Waals surface area contributed by atoms with Gasteiger partial charge >= 0.3 is 0 Å². The molecule has 0 heterocycles. The summed E-state index contributed by atoms with van der Waals surface area (Å²) in [7, 11) is 0. The first kappa shape index (κ1) is 12.5. The van der Waals surface area contributed by atoms with Crippen LogP contribution in [0.25, 0.3) is 0 Å². The standard InChI is InChI=1S/C12H23NO2/c1-9(2)7-8-13(10-5-6-10)11(14)12(3,4)15/h9-10,15H,5-8H2,1-4H3. The van der Waals surface area contributed by atoms with Crippen molar-refractivity contribution in [3.05, 3.63) is 0 Å². The summed E-state index contributed by atoms with van der Waals surface area (Å²) in [5.74, 6) is 0.478. The second-order valence-corrected chi connectivity index (χ2v) is 5.47. The van der Waals surface area contributed by atoms with E-state index in [0.29, 0.717) is 12.0 Å². The van der Waals surface area contributed by atoms with Gasteiger partial charge in [-0.05, 0) is 39.0 Å². The lowest BCUT2D eigenvalue weighted by molar-refractivity contribution is -0.148. The Kier molecular flexibility index (Phi) is 3.77. The van der Waals surface area contributed by atoms with Gasteiger partial charge in [-0.1, -0.05) is 13.8 Å². The van der Waals surface area contributed by atoms with Crippen molar-refractivity contribution in [3.63, 3.8) is 0 Å². The highest BCUT2D eigenvalue weighted by Crippen LogP contribution is 2.29. The maximum Gasteiger partial charge on any atom is 0.254 e. The Morgan fingerprint density at radius 1 is 1.47 bits per heavy atom. The van der Waals surface area contributed by atoms with Crippen LogP contribution in [0.5, 0.6) is 0 Å². The molecule has 1 amide bonds. The number of hydrogen-bond acceptors (Lipinski definition) is 2. The molecule has 0 aromatic carbocycles. The Balaban J connectivity index is 2.54. The van der Waals surface area contributed by atoms with Crippen molar-refractivity contribution in [2.24, 2.45) is 5.92 Å². The summed E-state index contributed by atoms with van der Waals surface area (Å²) >= 11 is 0. The van der Waals surface area contributed by atoms with E-state index in [1.54, 1.807) is 13.8 Å². The van der Waals surface area contributed by atoms with Crippen LogP contribution >= 0.6 is 0 Å². The van der Waals surface area contributed by atoms with Crippen LogP contribution in [0.4, 0.5) is 0 Å². The molecule has 88 valence electrons. The molecule has 0 bridgehead atoms. The van der Waals surface area contributed by atoms with Crippen molar-refractivity contribution < 1.29 is 9.90 Å². The number of amides is 1. The van der Waals surface area contributed by atoms with E-state index < -0.39 is 5.60 Å². The van der Waals surface area contributed by atoms with Crippen molar-refractivity contribution in [1.82, 2.24) is 4.90 Å². The molecular formula is C12H23NO2. The lowest BCUT2D eigenvalue weighted by Crippen LogP contribution is -2.46. The molecular weight excluding hydrogens is 190 g/mol. The van der Waals surface area contributed by atoms with Gasteiger partial charge in [-0.3, -0.25) is 4.79 Å². The topological polar surface area (TPSA) is 40.5 Å². The summed E-state index contributed by atoms with van der Waals surface area (Å²) in [5, 5.41) is 9.71. The summed E-state index contributed by atoms with van der Waals surface area (Å²) in [6.07, 6.45) is 3.21. The average molecular weight is 213 g/mol. The first-order valence-corrected chi connectivity index (χ1v) is 5.86. The van der Waals surface area contributed by atoms with Gasteiger partial charge in [0.2, 0.25) is 0 Å². The van der Waals surface area contributed by atoms with Crippen LogP contribution in [-0.2, 0) is 4.79 Å². The van der Waals surface area contributed by atoms with Gasteiger partial charge in [-0.25, -0.2) is 0 Å². The number of nitrogens with zero attached hydrogens (tertiary/aromatic N) is 1. The molecule has 0 aromatic heterocycles. The summed E-state index contributed by atoms with van der Waals surface area (Å²) in [6, 6.07) is 0.391. The highest BCUT2D eigenvalue weighted by molar-refractivity contribution is 5.84. The molecule has 1 aliphatic rings. The summed E-state index contributed by atoms with van der Waals surface area (Å²) in [5.41, 5.74) is -1.22. The van der Waals surface area contributed by atoms with Crippen molar-refractivity contribution in [3.8, 4) is 0 Å². The third-order valence-electron chi connectivity index (χ3n) is 2.72. The van der Waals surface area contributed by atoms with Gasteiger partial charge in [0.05, 0.1) is 0 Å². The van der Waals surface area contributed by atoms with Gasteiger partial charge in [0.15, 0.2) is 0 Å². The van der Waals surface area contributed by atoms with Gasteiger partial charge in [0, 0.05) is 12.6 Å². The fourth-order valence-electron chi connectivity index (χ4n) is 1.58. The Bertz CT molecular complexity index is 226. The van der Waals surface area contributed by atoms with Gasteiger partial charge in [-0.15, -0.1) is 0 Å². The minimum atomic E-state index is -1.22. The molecule has 3 heteroatoms. The number of hydrogen-bond donors (Lipinski definition) is 1. The van der Waals surface area contributed by atoms with Crippen molar-refractivity contribution in [2.75, 3.05) is 6.54 Å². The number of carbonyl (C=O) groups excluding carboxylic acids is 1. The van der Waals surface area contributed by atoms with Crippen LogP contribution in [-0.4, -0.2) is 34.1 Å². The molecule has 3 nitrogen and oxygen atoms in total. The minimum Gasteiger partial charge on any atom is -0.381 e. The number of aliphatic hydroxyl groups is 1. The van der Waals surface area contributed by atoms with Crippen LogP contribution in [0.3, 0.4) is 0 Å². The Labute approximate surface area is 92.5 Å². The maximum atomic E-state index is 11.9. The Morgan fingerprint density at radius 3 is 2.33 bits per heavy atom. The average Bonchev–Trinajstić information content (AvgIpc) is 2.85. The van der Waals surface area contributed by atoms with Gasteiger partial charge in [-0.2, -0.15) is 0 Å².